The SMILES string of the molecule is O=C(O)c1ccc(C(=O)N(CCc2ccccc2)C2CCOC2)cc1. The van der Waals surface area contributed by atoms with Gasteiger partial charge >= 0.3 is 5.97 Å². The van der Waals surface area contributed by atoms with E-state index in [2.05, 4.69) is 12.1 Å². The predicted octanol–water partition coefficient (Wildman–Crippen LogP) is 2.86. The van der Waals surface area contributed by atoms with Crippen LogP contribution in [0, 0.1) is 0 Å². The number of amides is 1. The maximum Gasteiger partial charge on any atom is 0.335 e. The Balaban J connectivity index is 1.75. The summed E-state index contributed by atoms with van der Waals surface area (Å²) < 4.78 is 5.46. The summed E-state index contributed by atoms with van der Waals surface area (Å²) in [4.78, 5) is 25.8. The lowest BCUT2D eigenvalue weighted by molar-refractivity contribution is 0.0652. The molecule has 0 saturated carbocycles. The number of aromatic carboxylic acids is 1. The topological polar surface area (TPSA) is 66.8 Å². The quantitative estimate of drug-likeness (QED) is 0.879. The van der Waals surface area contributed by atoms with Crippen molar-refractivity contribution in [3.63, 3.8) is 0 Å². The first-order valence-electron chi connectivity index (χ1n) is 8.41. The largest absolute Gasteiger partial charge is 0.478 e. The Labute approximate surface area is 146 Å². The maximum absolute atomic E-state index is 13.0. The molecule has 2 aromatic carbocycles. The number of hydrogen-bond donors (Lipinski definition) is 1. The fourth-order valence-corrected chi connectivity index (χ4v) is 3.03. The molecule has 1 atom stereocenters. The van der Waals surface area contributed by atoms with Crippen LogP contribution in [0.1, 0.15) is 32.7 Å². The standard InChI is InChI=1S/C20H21NO4/c22-19(16-6-8-17(9-7-16)20(23)24)21(18-11-13-25-14-18)12-10-15-4-2-1-3-5-15/h1-9,18H,10-14H2,(H,23,24). The van der Waals surface area contributed by atoms with Gasteiger partial charge in [0.05, 0.1) is 18.2 Å². The summed E-state index contributed by atoms with van der Waals surface area (Å²) in [7, 11) is 0. The third kappa shape index (κ3) is 4.25. The summed E-state index contributed by atoms with van der Waals surface area (Å²) in [6.07, 6.45) is 1.60. The van der Waals surface area contributed by atoms with Gasteiger partial charge in [-0.1, -0.05) is 30.3 Å². The average Bonchev–Trinajstić information content (AvgIpc) is 3.17. The van der Waals surface area contributed by atoms with E-state index in [0.29, 0.717) is 25.3 Å². The molecule has 1 saturated heterocycles. The molecular weight excluding hydrogens is 318 g/mol. The van der Waals surface area contributed by atoms with Crippen molar-refractivity contribution in [1.82, 2.24) is 4.90 Å². The zero-order valence-corrected chi connectivity index (χ0v) is 13.9. The van der Waals surface area contributed by atoms with Crippen molar-refractivity contribution >= 4 is 11.9 Å². The summed E-state index contributed by atoms with van der Waals surface area (Å²) in [5, 5.41) is 8.99. The lowest BCUT2D eigenvalue weighted by Crippen LogP contribution is -2.42. The summed E-state index contributed by atoms with van der Waals surface area (Å²) >= 11 is 0. The van der Waals surface area contributed by atoms with Gasteiger partial charge in [-0.25, -0.2) is 4.79 Å². The number of benzene rings is 2. The Hall–Kier alpha value is -2.66. The van der Waals surface area contributed by atoms with Crippen LogP contribution in [0.4, 0.5) is 0 Å². The molecule has 3 rings (SSSR count). The molecule has 5 heteroatoms. The van der Waals surface area contributed by atoms with Crippen molar-refractivity contribution in [2.75, 3.05) is 19.8 Å². The van der Waals surface area contributed by atoms with Gasteiger partial charge in [-0.3, -0.25) is 4.79 Å². The van der Waals surface area contributed by atoms with E-state index in [-0.39, 0.29) is 17.5 Å². The van der Waals surface area contributed by atoms with Crippen molar-refractivity contribution in [2.24, 2.45) is 0 Å². The number of carboxylic acids is 1. The van der Waals surface area contributed by atoms with Crippen molar-refractivity contribution < 1.29 is 19.4 Å². The molecule has 1 N–H and O–H groups in total. The van der Waals surface area contributed by atoms with Crippen LogP contribution in [0.25, 0.3) is 0 Å². The first-order chi connectivity index (χ1) is 12.1. The molecule has 5 nitrogen and oxygen atoms in total. The average molecular weight is 339 g/mol. The number of carboxylic acid groups (broad SMARTS) is 1. The van der Waals surface area contributed by atoms with Crippen LogP contribution in [0.5, 0.6) is 0 Å². The smallest absolute Gasteiger partial charge is 0.335 e. The summed E-state index contributed by atoms with van der Waals surface area (Å²) in [6.45, 7) is 1.82. The Bertz CT molecular complexity index is 721. The second-order valence-corrected chi connectivity index (χ2v) is 6.13. The van der Waals surface area contributed by atoms with Gasteiger partial charge in [0.25, 0.3) is 5.91 Å². The van der Waals surface area contributed by atoms with Crippen LogP contribution in [-0.2, 0) is 11.2 Å². The minimum atomic E-state index is -0.996. The zero-order chi connectivity index (χ0) is 17.6. The highest BCUT2D eigenvalue weighted by Gasteiger charge is 2.28. The lowest BCUT2D eigenvalue weighted by Gasteiger charge is -2.28. The van der Waals surface area contributed by atoms with E-state index in [0.717, 1.165) is 12.8 Å². The summed E-state index contributed by atoms with van der Waals surface area (Å²) in [5.41, 5.74) is 1.86. The van der Waals surface area contributed by atoms with E-state index in [9.17, 15) is 9.59 Å². The van der Waals surface area contributed by atoms with Gasteiger partial charge in [-0.05, 0) is 42.7 Å². The van der Waals surface area contributed by atoms with Gasteiger partial charge in [0.15, 0.2) is 0 Å². The van der Waals surface area contributed by atoms with Gasteiger partial charge in [-0.15, -0.1) is 0 Å². The van der Waals surface area contributed by atoms with E-state index in [1.54, 1.807) is 12.1 Å². The molecule has 25 heavy (non-hydrogen) atoms. The molecule has 0 spiro atoms. The third-order valence-corrected chi connectivity index (χ3v) is 4.47. The molecule has 0 aliphatic carbocycles. The molecule has 1 aliphatic heterocycles. The fraction of sp³-hybridized carbons (Fsp3) is 0.300. The molecule has 0 bridgehead atoms. The Morgan fingerprint density at radius 3 is 2.32 bits per heavy atom. The van der Waals surface area contributed by atoms with Crippen molar-refractivity contribution in [2.45, 2.75) is 18.9 Å². The van der Waals surface area contributed by atoms with Crippen LogP contribution in [-0.4, -0.2) is 47.7 Å². The Morgan fingerprint density at radius 2 is 1.72 bits per heavy atom. The Kier molecular flexibility index (Phi) is 5.46. The molecule has 2 aromatic rings. The highest BCUT2D eigenvalue weighted by molar-refractivity contribution is 5.96. The zero-order valence-electron chi connectivity index (χ0n) is 13.9. The Morgan fingerprint density at radius 1 is 1.04 bits per heavy atom. The van der Waals surface area contributed by atoms with E-state index >= 15 is 0 Å². The second kappa shape index (κ2) is 7.94. The van der Waals surface area contributed by atoms with Gasteiger partial charge < -0.3 is 14.7 Å². The number of hydrogen-bond acceptors (Lipinski definition) is 3. The molecule has 0 aromatic heterocycles. The van der Waals surface area contributed by atoms with E-state index in [1.807, 2.05) is 23.1 Å². The molecular formula is C20H21NO4. The van der Waals surface area contributed by atoms with Crippen LogP contribution >= 0.6 is 0 Å². The molecule has 1 fully saturated rings. The van der Waals surface area contributed by atoms with Gasteiger partial charge in [0, 0.05) is 18.7 Å². The highest BCUT2D eigenvalue weighted by atomic mass is 16.5. The molecule has 0 radical (unpaired) electrons. The lowest BCUT2D eigenvalue weighted by atomic mass is 10.1. The normalized spacial score (nSPS) is 16.6. The second-order valence-electron chi connectivity index (χ2n) is 6.13. The number of rotatable bonds is 6. The molecule has 1 aliphatic rings. The van der Waals surface area contributed by atoms with Gasteiger partial charge in [0.2, 0.25) is 0 Å². The summed E-state index contributed by atoms with van der Waals surface area (Å²) in [5.74, 6) is -1.08. The minimum absolute atomic E-state index is 0.0652. The van der Waals surface area contributed by atoms with Crippen LogP contribution in [0.3, 0.4) is 0 Å². The van der Waals surface area contributed by atoms with E-state index < -0.39 is 5.97 Å². The maximum atomic E-state index is 13.0. The van der Waals surface area contributed by atoms with Crippen LogP contribution < -0.4 is 0 Å². The van der Waals surface area contributed by atoms with Crippen molar-refractivity contribution in [3.05, 3.63) is 71.3 Å². The van der Waals surface area contributed by atoms with Crippen molar-refractivity contribution in [3.8, 4) is 0 Å². The number of nitrogens with zero attached hydrogens (tertiary/aromatic N) is 1. The third-order valence-electron chi connectivity index (χ3n) is 4.47. The van der Waals surface area contributed by atoms with E-state index in [4.69, 9.17) is 9.84 Å². The first kappa shape index (κ1) is 17.2. The summed E-state index contributed by atoms with van der Waals surface area (Å²) in [6, 6.07) is 16.2. The monoisotopic (exact) mass is 339 g/mol. The molecule has 1 unspecified atom stereocenters. The molecule has 130 valence electrons. The highest BCUT2D eigenvalue weighted by Crippen LogP contribution is 2.18. The van der Waals surface area contributed by atoms with Gasteiger partial charge in [-0.2, -0.15) is 0 Å². The first-order valence-corrected chi connectivity index (χ1v) is 8.41. The van der Waals surface area contributed by atoms with Crippen molar-refractivity contribution in [1.29, 1.82) is 0 Å². The minimum Gasteiger partial charge on any atom is -0.478 e. The van der Waals surface area contributed by atoms with E-state index in [1.165, 1.54) is 17.7 Å². The number of ether oxygens (including phenoxy) is 1. The number of carbonyl (C=O) groups is 2. The molecule has 1 amide bonds. The predicted molar refractivity (Wildman–Crippen MR) is 93.8 cm³/mol. The number of carbonyl (C=O) groups excluding carboxylic acids is 1. The fourth-order valence-electron chi connectivity index (χ4n) is 3.03. The van der Waals surface area contributed by atoms with Crippen LogP contribution in [0.15, 0.2) is 54.6 Å². The van der Waals surface area contributed by atoms with Crippen LogP contribution in [0.2, 0.25) is 0 Å². The van der Waals surface area contributed by atoms with Gasteiger partial charge in [0.1, 0.15) is 0 Å². The molecule has 1 heterocycles.